The van der Waals surface area contributed by atoms with E-state index in [4.69, 9.17) is 11.6 Å². The van der Waals surface area contributed by atoms with Crippen LogP contribution >= 0.6 is 11.6 Å². The zero-order chi connectivity index (χ0) is 11.1. The molecule has 2 aromatic rings. The quantitative estimate of drug-likeness (QED) is 0.853. The fraction of sp³-hybridized carbons (Fsp3) is 0.250. The molecule has 0 saturated heterocycles. The van der Waals surface area contributed by atoms with Crippen LogP contribution in [0, 0.1) is 0 Å². The third-order valence-corrected chi connectivity index (χ3v) is 3.06. The van der Waals surface area contributed by atoms with Crippen molar-refractivity contribution < 1.29 is 0 Å². The number of nitrogens with zero attached hydrogens (tertiary/aromatic N) is 1. The number of hydrogen-bond acceptors (Lipinski definition) is 1. The van der Waals surface area contributed by atoms with Crippen LogP contribution in [0.5, 0.6) is 0 Å². The molecule has 82 valence electrons. The Morgan fingerprint density at radius 3 is 2.81 bits per heavy atom. The van der Waals surface area contributed by atoms with Gasteiger partial charge in [0.2, 0.25) is 0 Å². The monoisotopic (exact) mass is 234 g/mol. The van der Waals surface area contributed by atoms with E-state index in [1.807, 2.05) is 28.9 Å². The Bertz CT molecular complexity index is 581. The molecule has 0 bridgehead atoms. The van der Waals surface area contributed by atoms with Crippen molar-refractivity contribution >= 4 is 11.6 Å². The Labute approximate surface area is 97.6 Å². The van der Waals surface area contributed by atoms with E-state index in [1.165, 1.54) is 0 Å². The second-order valence-corrected chi connectivity index (χ2v) is 4.57. The standard InChI is InChI=1S/C12H11ClN2O/c13-9-2-1-3-10(6-9)15-11(8-4-5-8)7-12(16)14-15/h1-3,6-8H,4-5H2,(H,14,16). The molecule has 1 aliphatic rings. The van der Waals surface area contributed by atoms with Crippen molar-refractivity contribution in [2.75, 3.05) is 0 Å². The Morgan fingerprint density at radius 1 is 1.31 bits per heavy atom. The fourth-order valence-corrected chi connectivity index (χ4v) is 2.10. The highest BCUT2D eigenvalue weighted by atomic mass is 35.5. The van der Waals surface area contributed by atoms with Crippen LogP contribution in [0.4, 0.5) is 0 Å². The first-order valence-corrected chi connectivity index (χ1v) is 5.70. The predicted octanol–water partition coefficient (Wildman–Crippen LogP) is 2.70. The molecule has 16 heavy (non-hydrogen) atoms. The lowest BCUT2D eigenvalue weighted by molar-refractivity contribution is 0.800. The molecule has 1 saturated carbocycles. The van der Waals surface area contributed by atoms with Crippen molar-refractivity contribution in [3.05, 3.63) is 51.4 Å². The van der Waals surface area contributed by atoms with Crippen LogP contribution in [0.15, 0.2) is 35.1 Å². The lowest BCUT2D eigenvalue weighted by Gasteiger charge is -2.07. The third kappa shape index (κ3) is 1.67. The number of halogens is 1. The van der Waals surface area contributed by atoms with Crippen LogP contribution in [-0.4, -0.2) is 9.78 Å². The summed E-state index contributed by atoms with van der Waals surface area (Å²) in [6.07, 6.45) is 2.33. The lowest BCUT2D eigenvalue weighted by Crippen LogP contribution is -2.04. The maximum atomic E-state index is 11.4. The predicted molar refractivity (Wildman–Crippen MR) is 63.4 cm³/mol. The molecule has 0 spiro atoms. The van der Waals surface area contributed by atoms with Crippen LogP contribution in [0.25, 0.3) is 5.69 Å². The molecule has 3 nitrogen and oxygen atoms in total. The molecule has 1 aromatic heterocycles. The van der Waals surface area contributed by atoms with Gasteiger partial charge in [0.05, 0.1) is 5.69 Å². The molecule has 1 aromatic carbocycles. The van der Waals surface area contributed by atoms with Gasteiger partial charge in [-0.3, -0.25) is 14.6 Å². The molecular weight excluding hydrogens is 224 g/mol. The number of aromatic nitrogens is 2. The van der Waals surface area contributed by atoms with E-state index in [-0.39, 0.29) is 5.56 Å². The second-order valence-electron chi connectivity index (χ2n) is 4.13. The van der Waals surface area contributed by atoms with Gasteiger partial charge in [0.1, 0.15) is 0 Å². The summed E-state index contributed by atoms with van der Waals surface area (Å²) in [4.78, 5) is 11.4. The summed E-state index contributed by atoms with van der Waals surface area (Å²) in [7, 11) is 0. The molecule has 1 fully saturated rings. The summed E-state index contributed by atoms with van der Waals surface area (Å²) in [6.45, 7) is 0. The summed E-state index contributed by atoms with van der Waals surface area (Å²) in [5, 5.41) is 3.49. The third-order valence-electron chi connectivity index (χ3n) is 2.82. The van der Waals surface area contributed by atoms with Gasteiger partial charge in [0.15, 0.2) is 0 Å². The number of hydrogen-bond donors (Lipinski definition) is 1. The highest BCUT2D eigenvalue weighted by Gasteiger charge is 2.27. The summed E-state index contributed by atoms with van der Waals surface area (Å²) < 4.78 is 1.84. The van der Waals surface area contributed by atoms with Crippen LogP contribution in [-0.2, 0) is 0 Å². The van der Waals surface area contributed by atoms with Gasteiger partial charge in [0.25, 0.3) is 5.56 Å². The van der Waals surface area contributed by atoms with E-state index in [1.54, 1.807) is 6.07 Å². The summed E-state index contributed by atoms with van der Waals surface area (Å²) in [6, 6.07) is 9.17. The van der Waals surface area contributed by atoms with Gasteiger partial charge < -0.3 is 0 Å². The molecule has 0 unspecified atom stereocenters. The first kappa shape index (κ1) is 9.73. The van der Waals surface area contributed by atoms with Crippen molar-refractivity contribution in [3.8, 4) is 5.69 Å². The molecular formula is C12H11ClN2O. The van der Waals surface area contributed by atoms with Crippen molar-refractivity contribution in [2.45, 2.75) is 18.8 Å². The molecule has 1 heterocycles. The van der Waals surface area contributed by atoms with E-state index >= 15 is 0 Å². The molecule has 0 aliphatic heterocycles. The van der Waals surface area contributed by atoms with Crippen molar-refractivity contribution in [1.82, 2.24) is 9.78 Å². The van der Waals surface area contributed by atoms with Crippen LogP contribution in [0.2, 0.25) is 5.02 Å². The number of nitrogens with one attached hydrogen (secondary N) is 1. The minimum atomic E-state index is -0.0538. The molecule has 0 amide bonds. The van der Waals surface area contributed by atoms with Crippen LogP contribution in [0.3, 0.4) is 0 Å². The maximum absolute atomic E-state index is 11.4. The summed E-state index contributed by atoms with van der Waals surface area (Å²) >= 11 is 5.94. The molecule has 1 N–H and O–H groups in total. The Kier molecular flexibility index (Phi) is 2.14. The second kappa shape index (κ2) is 3.52. The fourth-order valence-electron chi connectivity index (χ4n) is 1.91. The SMILES string of the molecule is O=c1cc(C2CC2)n(-c2cccc(Cl)c2)[nH]1. The number of benzene rings is 1. The molecule has 0 radical (unpaired) electrons. The van der Waals surface area contributed by atoms with E-state index in [0.29, 0.717) is 10.9 Å². The Hall–Kier alpha value is -1.48. The first-order chi connectivity index (χ1) is 7.74. The first-order valence-electron chi connectivity index (χ1n) is 5.32. The lowest BCUT2D eigenvalue weighted by atomic mass is 10.2. The van der Waals surface area contributed by atoms with Gasteiger partial charge in [-0.2, -0.15) is 0 Å². The zero-order valence-electron chi connectivity index (χ0n) is 8.61. The zero-order valence-corrected chi connectivity index (χ0v) is 9.37. The minimum absolute atomic E-state index is 0.0538. The normalized spacial score (nSPS) is 15.3. The van der Waals surface area contributed by atoms with Gasteiger partial charge in [-0.15, -0.1) is 0 Å². The Morgan fingerprint density at radius 2 is 2.12 bits per heavy atom. The molecule has 0 atom stereocenters. The van der Waals surface area contributed by atoms with Crippen molar-refractivity contribution in [3.63, 3.8) is 0 Å². The Balaban J connectivity index is 2.14. The molecule has 4 heteroatoms. The molecule has 3 rings (SSSR count). The van der Waals surface area contributed by atoms with Crippen molar-refractivity contribution in [1.29, 1.82) is 0 Å². The highest BCUT2D eigenvalue weighted by molar-refractivity contribution is 6.30. The average molecular weight is 235 g/mol. The topological polar surface area (TPSA) is 37.8 Å². The van der Waals surface area contributed by atoms with Crippen LogP contribution in [0.1, 0.15) is 24.5 Å². The number of rotatable bonds is 2. The van der Waals surface area contributed by atoms with E-state index in [2.05, 4.69) is 5.10 Å². The maximum Gasteiger partial charge on any atom is 0.264 e. The van der Waals surface area contributed by atoms with E-state index in [9.17, 15) is 4.79 Å². The highest BCUT2D eigenvalue weighted by Crippen LogP contribution is 2.40. The van der Waals surface area contributed by atoms with Crippen LogP contribution < -0.4 is 5.56 Å². The minimum Gasteiger partial charge on any atom is -0.268 e. The van der Waals surface area contributed by atoms with Gasteiger partial charge in [0, 0.05) is 22.7 Å². The van der Waals surface area contributed by atoms with Gasteiger partial charge in [-0.05, 0) is 31.0 Å². The summed E-state index contributed by atoms with van der Waals surface area (Å²) in [5.74, 6) is 0.526. The number of H-pyrrole nitrogens is 1. The smallest absolute Gasteiger partial charge is 0.264 e. The molecule has 1 aliphatic carbocycles. The van der Waals surface area contributed by atoms with Gasteiger partial charge in [-0.1, -0.05) is 17.7 Å². The largest absolute Gasteiger partial charge is 0.268 e. The van der Waals surface area contributed by atoms with Gasteiger partial charge >= 0.3 is 0 Å². The van der Waals surface area contributed by atoms with E-state index in [0.717, 1.165) is 24.2 Å². The summed E-state index contributed by atoms with van der Waals surface area (Å²) in [5.41, 5.74) is 1.92. The number of aromatic amines is 1. The average Bonchev–Trinajstić information content (AvgIpc) is 3.02. The van der Waals surface area contributed by atoms with Crippen molar-refractivity contribution in [2.24, 2.45) is 0 Å². The van der Waals surface area contributed by atoms with E-state index < -0.39 is 0 Å². The van der Waals surface area contributed by atoms with Gasteiger partial charge in [-0.25, -0.2) is 0 Å².